The number of H-pyrrole nitrogens is 1. The highest BCUT2D eigenvalue weighted by Crippen LogP contribution is 2.42. The van der Waals surface area contributed by atoms with Crippen LogP contribution in [0.2, 0.25) is 0 Å². The van der Waals surface area contributed by atoms with E-state index in [2.05, 4.69) is 15.3 Å². The molecule has 1 aliphatic rings. The summed E-state index contributed by atoms with van der Waals surface area (Å²) in [6, 6.07) is 5.80. The number of fused-ring (bicyclic) bond motifs is 1. The summed E-state index contributed by atoms with van der Waals surface area (Å²) < 4.78 is 1.74. The van der Waals surface area contributed by atoms with E-state index in [1.165, 1.54) is 6.20 Å². The number of para-hydroxylation sites is 1. The van der Waals surface area contributed by atoms with Gasteiger partial charge in [0, 0.05) is 11.3 Å². The third-order valence-corrected chi connectivity index (χ3v) is 3.68. The molecule has 0 atom stereocenters. The highest BCUT2D eigenvalue weighted by molar-refractivity contribution is 5.90. The van der Waals surface area contributed by atoms with E-state index >= 15 is 0 Å². The van der Waals surface area contributed by atoms with E-state index < -0.39 is 5.97 Å². The van der Waals surface area contributed by atoms with Crippen molar-refractivity contribution < 1.29 is 9.90 Å². The minimum absolute atomic E-state index is 0.293. The molecule has 4 rings (SSSR count). The third kappa shape index (κ3) is 1.54. The topological polar surface area (TPSA) is 83.8 Å². The van der Waals surface area contributed by atoms with Gasteiger partial charge in [0.2, 0.25) is 0 Å². The van der Waals surface area contributed by atoms with E-state index in [0.717, 1.165) is 35.1 Å². The van der Waals surface area contributed by atoms with Gasteiger partial charge in [0.25, 0.3) is 0 Å². The van der Waals surface area contributed by atoms with E-state index in [0.29, 0.717) is 11.5 Å². The van der Waals surface area contributed by atoms with Gasteiger partial charge in [-0.3, -0.25) is 5.10 Å². The summed E-state index contributed by atoms with van der Waals surface area (Å²) in [5.74, 6) is -0.628. The zero-order chi connectivity index (χ0) is 13.7. The molecule has 20 heavy (non-hydrogen) atoms. The Hall–Kier alpha value is -2.63. The molecular formula is C14H12N4O2. The quantitative estimate of drug-likeness (QED) is 0.763. The summed E-state index contributed by atoms with van der Waals surface area (Å²) in [5, 5.41) is 21.6. The summed E-state index contributed by atoms with van der Waals surface area (Å²) in [5.41, 5.74) is 2.80. The largest absolute Gasteiger partial charge is 0.478 e. The molecule has 0 saturated heterocycles. The van der Waals surface area contributed by atoms with E-state index in [1.807, 2.05) is 18.2 Å². The SMILES string of the molecule is O=C(O)c1cnn(-c2cccc3cn[nH]c23)c1C1CC1. The summed E-state index contributed by atoms with van der Waals surface area (Å²) in [6.07, 6.45) is 5.22. The molecule has 0 aliphatic heterocycles. The molecule has 2 N–H and O–H groups in total. The maximum atomic E-state index is 11.3. The summed E-state index contributed by atoms with van der Waals surface area (Å²) in [7, 11) is 0. The zero-order valence-corrected chi connectivity index (χ0v) is 10.6. The van der Waals surface area contributed by atoms with Gasteiger partial charge >= 0.3 is 5.97 Å². The van der Waals surface area contributed by atoms with E-state index in [9.17, 15) is 9.90 Å². The van der Waals surface area contributed by atoms with Crippen molar-refractivity contribution in [3.8, 4) is 5.69 Å². The number of aromatic amines is 1. The van der Waals surface area contributed by atoms with Crippen LogP contribution < -0.4 is 0 Å². The number of aromatic carboxylic acids is 1. The predicted octanol–water partition coefficient (Wildman–Crippen LogP) is 2.32. The van der Waals surface area contributed by atoms with E-state index in [-0.39, 0.29) is 0 Å². The maximum Gasteiger partial charge on any atom is 0.339 e. The van der Waals surface area contributed by atoms with Gasteiger partial charge < -0.3 is 5.11 Å². The van der Waals surface area contributed by atoms with Gasteiger partial charge in [-0.05, 0) is 18.9 Å². The first-order valence-corrected chi connectivity index (χ1v) is 6.49. The molecule has 0 amide bonds. The number of hydrogen-bond acceptors (Lipinski definition) is 3. The molecule has 0 bridgehead atoms. The van der Waals surface area contributed by atoms with Gasteiger partial charge in [0.1, 0.15) is 5.56 Å². The third-order valence-electron chi connectivity index (χ3n) is 3.68. The van der Waals surface area contributed by atoms with Crippen LogP contribution in [0.5, 0.6) is 0 Å². The fourth-order valence-corrected chi connectivity index (χ4v) is 2.59. The van der Waals surface area contributed by atoms with Crippen molar-refractivity contribution in [2.24, 2.45) is 0 Å². The van der Waals surface area contributed by atoms with Crippen LogP contribution in [0, 0.1) is 0 Å². The van der Waals surface area contributed by atoms with Crippen LogP contribution in [-0.2, 0) is 0 Å². The second-order valence-electron chi connectivity index (χ2n) is 5.05. The van der Waals surface area contributed by atoms with E-state index in [1.54, 1.807) is 10.9 Å². The molecule has 1 saturated carbocycles. The lowest BCUT2D eigenvalue weighted by atomic mass is 10.1. The Morgan fingerprint density at radius 3 is 2.95 bits per heavy atom. The number of rotatable bonds is 3. The standard InChI is InChI=1S/C14H12N4O2/c19-14(20)10-7-16-18(13(10)8-4-5-8)11-3-1-2-9-6-15-17-12(9)11/h1-3,6-8H,4-5H2,(H,15,17)(H,19,20). The van der Waals surface area contributed by atoms with Crippen molar-refractivity contribution in [1.29, 1.82) is 0 Å². The van der Waals surface area contributed by atoms with Gasteiger partial charge in [-0.2, -0.15) is 10.2 Å². The van der Waals surface area contributed by atoms with Gasteiger partial charge in [0.15, 0.2) is 0 Å². The highest BCUT2D eigenvalue weighted by Gasteiger charge is 2.33. The number of carbonyl (C=O) groups is 1. The van der Waals surface area contributed by atoms with Crippen molar-refractivity contribution in [1.82, 2.24) is 20.0 Å². The van der Waals surface area contributed by atoms with Gasteiger partial charge in [-0.25, -0.2) is 9.48 Å². The minimum atomic E-state index is -0.921. The number of carboxylic acids is 1. The lowest BCUT2D eigenvalue weighted by Gasteiger charge is -2.08. The molecule has 1 fully saturated rings. The molecular weight excluding hydrogens is 256 g/mol. The Bertz CT molecular complexity index is 814. The number of aromatic nitrogens is 4. The molecule has 6 heteroatoms. The normalized spacial score (nSPS) is 14.8. The van der Waals surface area contributed by atoms with Crippen LogP contribution in [0.1, 0.15) is 34.8 Å². The number of nitrogens with one attached hydrogen (secondary N) is 1. The second-order valence-corrected chi connectivity index (χ2v) is 5.05. The monoisotopic (exact) mass is 268 g/mol. The molecule has 2 heterocycles. The second kappa shape index (κ2) is 3.93. The van der Waals surface area contributed by atoms with Gasteiger partial charge in [0.05, 0.1) is 29.3 Å². The predicted molar refractivity (Wildman–Crippen MR) is 72.2 cm³/mol. The number of carboxylic acid groups (broad SMARTS) is 1. The highest BCUT2D eigenvalue weighted by atomic mass is 16.4. The first-order chi connectivity index (χ1) is 9.75. The fourth-order valence-electron chi connectivity index (χ4n) is 2.59. The lowest BCUT2D eigenvalue weighted by Crippen LogP contribution is -2.06. The minimum Gasteiger partial charge on any atom is -0.478 e. The van der Waals surface area contributed by atoms with Gasteiger partial charge in [-0.15, -0.1) is 0 Å². The van der Waals surface area contributed by atoms with Gasteiger partial charge in [-0.1, -0.05) is 12.1 Å². The Kier molecular flexibility index (Phi) is 2.20. The molecule has 1 aromatic carbocycles. The smallest absolute Gasteiger partial charge is 0.339 e. The first-order valence-electron chi connectivity index (χ1n) is 6.49. The average Bonchev–Trinajstić information content (AvgIpc) is 3.01. The van der Waals surface area contributed by atoms with Crippen LogP contribution in [0.4, 0.5) is 0 Å². The number of benzene rings is 1. The van der Waals surface area contributed by atoms with Crippen molar-refractivity contribution in [2.75, 3.05) is 0 Å². The molecule has 3 aromatic rings. The number of nitrogens with zero attached hydrogens (tertiary/aromatic N) is 3. The summed E-state index contributed by atoms with van der Waals surface area (Å²) in [6.45, 7) is 0. The first kappa shape index (κ1) is 11.2. The zero-order valence-electron chi connectivity index (χ0n) is 10.6. The Balaban J connectivity index is 1.98. The van der Waals surface area contributed by atoms with Crippen molar-refractivity contribution in [3.63, 3.8) is 0 Å². The van der Waals surface area contributed by atoms with Crippen LogP contribution in [-0.4, -0.2) is 31.1 Å². The van der Waals surface area contributed by atoms with Crippen molar-refractivity contribution in [3.05, 3.63) is 41.9 Å². The molecule has 0 radical (unpaired) electrons. The molecule has 100 valence electrons. The molecule has 6 nitrogen and oxygen atoms in total. The van der Waals surface area contributed by atoms with E-state index in [4.69, 9.17) is 0 Å². The summed E-state index contributed by atoms with van der Waals surface area (Å²) in [4.78, 5) is 11.3. The number of hydrogen-bond donors (Lipinski definition) is 2. The Morgan fingerprint density at radius 1 is 1.35 bits per heavy atom. The van der Waals surface area contributed by atoms with Crippen molar-refractivity contribution in [2.45, 2.75) is 18.8 Å². The fraction of sp³-hybridized carbons (Fsp3) is 0.214. The molecule has 0 spiro atoms. The lowest BCUT2D eigenvalue weighted by molar-refractivity contribution is 0.0695. The average molecular weight is 268 g/mol. The summed E-state index contributed by atoms with van der Waals surface area (Å²) >= 11 is 0. The molecule has 1 aliphatic carbocycles. The Labute approximate surface area is 114 Å². The Morgan fingerprint density at radius 2 is 2.20 bits per heavy atom. The maximum absolute atomic E-state index is 11.3. The van der Waals surface area contributed by atoms with Crippen LogP contribution in [0.25, 0.3) is 16.6 Å². The van der Waals surface area contributed by atoms with Crippen LogP contribution in [0.3, 0.4) is 0 Å². The van der Waals surface area contributed by atoms with Crippen molar-refractivity contribution >= 4 is 16.9 Å². The van der Waals surface area contributed by atoms with Crippen LogP contribution >= 0.6 is 0 Å². The molecule has 2 aromatic heterocycles. The van der Waals surface area contributed by atoms with Crippen LogP contribution in [0.15, 0.2) is 30.6 Å². The molecule has 0 unspecified atom stereocenters.